The lowest BCUT2D eigenvalue weighted by molar-refractivity contribution is -0.915. The zero-order valence-corrected chi connectivity index (χ0v) is 9.90. The van der Waals surface area contributed by atoms with Gasteiger partial charge in [0, 0.05) is 12.8 Å². The Labute approximate surface area is 88.4 Å². The maximum atomic E-state index is 2.37. The number of likely N-dealkylation sites (tertiary alicyclic amines) is 1. The number of hydrogen-bond acceptors (Lipinski definition) is 0. The van der Waals surface area contributed by atoms with Crippen molar-refractivity contribution in [1.82, 2.24) is 0 Å². The molecular formula is C12H26FN. The van der Waals surface area contributed by atoms with Crippen LogP contribution in [-0.4, -0.2) is 30.7 Å². The van der Waals surface area contributed by atoms with Crippen LogP contribution in [0.5, 0.6) is 0 Å². The van der Waals surface area contributed by atoms with Crippen LogP contribution < -0.4 is 4.70 Å². The summed E-state index contributed by atoms with van der Waals surface area (Å²) < 4.78 is 1.43. The van der Waals surface area contributed by atoms with Crippen molar-refractivity contribution in [3.63, 3.8) is 0 Å². The SMILES string of the molecule is CCCCCC[N+]1(CC)CCCC1.[F-]. The Morgan fingerprint density at radius 1 is 0.929 bits per heavy atom. The average molecular weight is 203 g/mol. The normalized spacial score (nSPS) is 19.3. The first kappa shape index (κ1) is 13.9. The first-order valence-corrected chi connectivity index (χ1v) is 6.18. The molecule has 86 valence electrons. The van der Waals surface area contributed by atoms with Crippen molar-refractivity contribution >= 4 is 0 Å². The Morgan fingerprint density at radius 2 is 1.57 bits per heavy atom. The quantitative estimate of drug-likeness (QED) is 0.427. The maximum absolute atomic E-state index is 2.37. The van der Waals surface area contributed by atoms with Crippen molar-refractivity contribution in [2.24, 2.45) is 0 Å². The van der Waals surface area contributed by atoms with Gasteiger partial charge in [0.05, 0.1) is 26.2 Å². The molecule has 0 aliphatic carbocycles. The predicted molar refractivity (Wildman–Crippen MR) is 58.8 cm³/mol. The number of nitrogens with zero attached hydrogens (tertiary/aromatic N) is 1. The van der Waals surface area contributed by atoms with E-state index < -0.39 is 0 Å². The van der Waals surface area contributed by atoms with Gasteiger partial charge in [-0.3, -0.25) is 0 Å². The Hall–Kier alpha value is -0.110. The third kappa shape index (κ3) is 3.95. The molecule has 1 fully saturated rings. The van der Waals surface area contributed by atoms with E-state index in [1.54, 1.807) is 0 Å². The van der Waals surface area contributed by atoms with Crippen molar-refractivity contribution in [3.05, 3.63) is 0 Å². The van der Waals surface area contributed by atoms with Gasteiger partial charge in [0.1, 0.15) is 0 Å². The lowest BCUT2D eigenvalue weighted by Crippen LogP contribution is -3.00. The third-order valence-corrected chi connectivity index (χ3v) is 3.67. The molecule has 0 atom stereocenters. The Kier molecular flexibility index (Phi) is 7.16. The van der Waals surface area contributed by atoms with Crippen LogP contribution >= 0.6 is 0 Å². The van der Waals surface area contributed by atoms with E-state index in [0.717, 1.165) is 0 Å². The monoisotopic (exact) mass is 203 g/mol. The van der Waals surface area contributed by atoms with Crippen LogP contribution in [0, 0.1) is 0 Å². The van der Waals surface area contributed by atoms with Gasteiger partial charge in [-0.2, -0.15) is 0 Å². The molecule has 2 heteroatoms. The predicted octanol–water partition coefficient (Wildman–Crippen LogP) is 0.201. The van der Waals surface area contributed by atoms with Gasteiger partial charge in [-0.1, -0.05) is 19.8 Å². The summed E-state index contributed by atoms with van der Waals surface area (Å²) >= 11 is 0. The van der Waals surface area contributed by atoms with Crippen molar-refractivity contribution in [2.75, 3.05) is 26.2 Å². The van der Waals surface area contributed by atoms with Crippen LogP contribution in [0.2, 0.25) is 0 Å². The van der Waals surface area contributed by atoms with Gasteiger partial charge in [-0.05, 0) is 19.8 Å². The van der Waals surface area contributed by atoms with Crippen molar-refractivity contribution in [2.45, 2.75) is 52.4 Å². The minimum absolute atomic E-state index is 0. The fourth-order valence-corrected chi connectivity index (χ4v) is 2.58. The largest absolute Gasteiger partial charge is 1.00 e. The summed E-state index contributed by atoms with van der Waals surface area (Å²) in [4.78, 5) is 0. The minimum Gasteiger partial charge on any atom is -1.00 e. The van der Waals surface area contributed by atoms with Gasteiger partial charge in [0.2, 0.25) is 0 Å². The Balaban J connectivity index is 0.00000169. The van der Waals surface area contributed by atoms with E-state index in [2.05, 4.69) is 13.8 Å². The van der Waals surface area contributed by atoms with Crippen LogP contribution in [0.1, 0.15) is 52.4 Å². The highest BCUT2D eigenvalue weighted by Crippen LogP contribution is 2.20. The first-order valence-electron chi connectivity index (χ1n) is 6.18. The van der Waals surface area contributed by atoms with E-state index in [1.165, 1.54) is 69.2 Å². The van der Waals surface area contributed by atoms with Crippen LogP contribution in [0.4, 0.5) is 0 Å². The fourth-order valence-electron chi connectivity index (χ4n) is 2.58. The molecule has 0 amide bonds. The van der Waals surface area contributed by atoms with Gasteiger partial charge >= 0.3 is 0 Å². The maximum Gasteiger partial charge on any atom is 0.0788 e. The van der Waals surface area contributed by atoms with Crippen molar-refractivity contribution in [3.8, 4) is 0 Å². The fraction of sp³-hybridized carbons (Fsp3) is 1.00. The summed E-state index contributed by atoms with van der Waals surface area (Å²) in [5.74, 6) is 0. The van der Waals surface area contributed by atoms with E-state index in [1.807, 2.05) is 0 Å². The summed E-state index contributed by atoms with van der Waals surface area (Å²) in [6.07, 6.45) is 8.66. The number of rotatable bonds is 6. The van der Waals surface area contributed by atoms with E-state index in [9.17, 15) is 0 Å². The zero-order valence-electron chi connectivity index (χ0n) is 9.90. The van der Waals surface area contributed by atoms with Crippen molar-refractivity contribution < 1.29 is 9.19 Å². The molecule has 0 aromatic carbocycles. The summed E-state index contributed by atoms with van der Waals surface area (Å²) in [6, 6.07) is 0. The standard InChI is InChI=1S/C12H26N.FH/c1-3-5-6-7-10-13(4-2)11-8-9-12-13;/h3-12H2,1-2H3;1H/q+1;/p-1. The smallest absolute Gasteiger partial charge is 0.0788 e. The molecule has 1 heterocycles. The molecule has 0 spiro atoms. The second-order valence-corrected chi connectivity index (χ2v) is 4.60. The molecule has 0 aromatic rings. The Morgan fingerprint density at radius 3 is 2.07 bits per heavy atom. The summed E-state index contributed by atoms with van der Waals surface area (Å²) in [5.41, 5.74) is 0. The van der Waals surface area contributed by atoms with Crippen LogP contribution in [-0.2, 0) is 0 Å². The van der Waals surface area contributed by atoms with E-state index in [-0.39, 0.29) is 4.70 Å². The lowest BCUT2D eigenvalue weighted by atomic mass is 10.2. The number of halogens is 1. The molecule has 0 aromatic heterocycles. The van der Waals surface area contributed by atoms with Crippen molar-refractivity contribution in [1.29, 1.82) is 0 Å². The third-order valence-electron chi connectivity index (χ3n) is 3.67. The van der Waals surface area contributed by atoms with Crippen LogP contribution in [0.15, 0.2) is 0 Å². The second-order valence-electron chi connectivity index (χ2n) is 4.60. The molecule has 1 nitrogen and oxygen atoms in total. The molecular weight excluding hydrogens is 177 g/mol. The first-order chi connectivity index (χ1) is 6.33. The van der Waals surface area contributed by atoms with Gasteiger partial charge in [-0.15, -0.1) is 0 Å². The van der Waals surface area contributed by atoms with Gasteiger partial charge in [0.15, 0.2) is 0 Å². The molecule has 0 unspecified atom stereocenters. The number of quaternary nitrogens is 1. The molecule has 1 aliphatic rings. The average Bonchev–Trinajstić information content (AvgIpc) is 2.62. The lowest BCUT2D eigenvalue weighted by Gasteiger charge is -2.33. The number of unbranched alkanes of at least 4 members (excludes halogenated alkanes) is 3. The minimum atomic E-state index is 0. The van der Waals surface area contributed by atoms with Gasteiger partial charge in [0.25, 0.3) is 0 Å². The molecule has 1 saturated heterocycles. The zero-order chi connectivity index (χ0) is 9.57. The van der Waals surface area contributed by atoms with E-state index >= 15 is 0 Å². The second kappa shape index (κ2) is 7.22. The number of hydrogen-bond donors (Lipinski definition) is 0. The molecule has 1 rings (SSSR count). The molecule has 0 saturated carbocycles. The highest BCUT2D eigenvalue weighted by atomic mass is 19.0. The van der Waals surface area contributed by atoms with Crippen LogP contribution in [0.3, 0.4) is 0 Å². The molecule has 14 heavy (non-hydrogen) atoms. The van der Waals surface area contributed by atoms with Gasteiger partial charge < -0.3 is 9.19 Å². The highest BCUT2D eigenvalue weighted by molar-refractivity contribution is 4.54. The topological polar surface area (TPSA) is 0 Å². The summed E-state index contributed by atoms with van der Waals surface area (Å²) in [6.45, 7) is 10.4. The summed E-state index contributed by atoms with van der Waals surface area (Å²) in [7, 11) is 0. The molecule has 0 bridgehead atoms. The Bertz CT molecular complexity index is 130. The highest BCUT2D eigenvalue weighted by Gasteiger charge is 2.28. The molecule has 1 aliphatic heterocycles. The van der Waals surface area contributed by atoms with E-state index in [0.29, 0.717) is 0 Å². The summed E-state index contributed by atoms with van der Waals surface area (Å²) in [5, 5.41) is 0. The molecule has 0 radical (unpaired) electrons. The molecule has 0 N–H and O–H groups in total. The van der Waals surface area contributed by atoms with E-state index in [4.69, 9.17) is 0 Å². The van der Waals surface area contributed by atoms with Crippen LogP contribution in [0.25, 0.3) is 0 Å². The van der Waals surface area contributed by atoms with Gasteiger partial charge in [-0.25, -0.2) is 0 Å².